The van der Waals surface area contributed by atoms with E-state index in [1.54, 1.807) is 20.8 Å². The Labute approximate surface area is 122 Å². The number of ether oxygens (including phenoxy) is 1. The highest BCUT2D eigenvalue weighted by Crippen LogP contribution is 2.17. The molecule has 116 valence electrons. The Bertz CT molecular complexity index is 563. The summed E-state index contributed by atoms with van der Waals surface area (Å²) in [6, 6.07) is 2.83. The number of Topliss-reactive ketones (excluding diaryl/α,β-unsaturated/α-hetero) is 1. The minimum absolute atomic E-state index is 0.0324. The molecule has 1 rings (SSSR count). The van der Waals surface area contributed by atoms with Gasteiger partial charge in [-0.1, -0.05) is 0 Å². The molecule has 6 heteroatoms. The molecule has 0 heterocycles. The fraction of sp³-hybridized carbons (Fsp3) is 0.467. The number of nitrogens with one attached hydrogen (secondary N) is 1. The van der Waals surface area contributed by atoms with Crippen LogP contribution in [0.3, 0.4) is 0 Å². The highest BCUT2D eigenvalue weighted by atomic mass is 19.2. The van der Waals surface area contributed by atoms with Crippen LogP contribution in [0.1, 0.15) is 45.0 Å². The number of benzene rings is 1. The van der Waals surface area contributed by atoms with Crippen molar-refractivity contribution in [3.05, 3.63) is 35.4 Å². The van der Waals surface area contributed by atoms with E-state index >= 15 is 0 Å². The first kappa shape index (κ1) is 17.1. The van der Waals surface area contributed by atoms with Crippen molar-refractivity contribution in [3.8, 4) is 0 Å². The molecule has 0 unspecified atom stereocenters. The zero-order chi connectivity index (χ0) is 16.4. The van der Waals surface area contributed by atoms with E-state index in [4.69, 9.17) is 4.74 Å². The van der Waals surface area contributed by atoms with Crippen molar-refractivity contribution in [3.63, 3.8) is 0 Å². The van der Waals surface area contributed by atoms with Crippen molar-refractivity contribution < 1.29 is 23.1 Å². The van der Waals surface area contributed by atoms with Gasteiger partial charge in [-0.05, 0) is 52.8 Å². The van der Waals surface area contributed by atoms with Crippen molar-refractivity contribution in [1.29, 1.82) is 0 Å². The Kier molecular flexibility index (Phi) is 4.71. The van der Waals surface area contributed by atoms with Crippen LogP contribution in [0.2, 0.25) is 0 Å². The highest BCUT2D eigenvalue weighted by Gasteiger charge is 2.32. The van der Waals surface area contributed by atoms with Crippen molar-refractivity contribution >= 4 is 11.9 Å². The van der Waals surface area contributed by atoms with Crippen molar-refractivity contribution in [2.75, 3.05) is 0 Å². The van der Waals surface area contributed by atoms with Crippen molar-refractivity contribution in [2.45, 2.75) is 45.8 Å². The van der Waals surface area contributed by atoms with E-state index in [0.29, 0.717) is 0 Å². The maximum absolute atomic E-state index is 13.2. The first-order valence-corrected chi connectivity index (χ1v) is 6.43. The summed E-state index contributed by atoms with van der Waals surface area (Å²) >= 11 is 0. The van der Waals surface area contributed by atoms with Gasteiger partial charge in [-0.15, -0.1) is 0 Å². The van der Waals surface area contributed by atoms with Crippen LogP contribution in [0.5, 0.6) is 0 Å². The van der Waals surface area contributed by atoms with Gasteiger partial charge in [0.25, 0.3) is 0 Å². The molecular formula is C15H19F2NO3. The molecule has 1 N–H and O–H groups in total. The smallest absolute Gasteiger partial charge is 0.408 e. The molecule has 1 amide bonds. The van der Waals surface area contributed by atoms with Crippen LogP contribution in [0.4, 0.5) is 13.6 Å². The minimum Gasteiger partial charge on any atom is -0.444 e. The number of hydrogen-bond donors (Lipinski definition) is 1. The normalized spacial score (nSPS) is 12.0. The summed E-state index contributed by atoms with van der Waals surface area (Å²) in [5.74, 6) is -2.70. The second kappa shape index (κ2) is 5.79. The van der Waals surface area contributed by atoms with Crippen LogP contribution < -0.4 is 5.32 Å². The lowest BCUT2D eigenvalue weighted by Gasteiger charge is -2.27. The van der Waals surface area contributed by atoms with Crippen molar-refractivity contribution in [2.24, 2.45) is 0 Å². The van der Waals surface area contributed by atoms with Gasteiger partial charge in [0, 0.05) is 5.56 Å². The van der Waals surface area contributed by atoms with Crippen LogP contribution >= 0.6 is 0 Å². The van der Waals surface area contributed by atoms with Crippen LogP contribution in [-0.2, 0) is 4.74 Å². The molecular weight excluding hydrogens is 280 g/mol. The Hall–Kier alpha value is -1.98. The Morgan fingerprint density at radius 1 is 1.05 bits per heavy atom. The SMILES string of the molecule is CC(C)(C)OC(=O)NC(C)(C)C(=O)c1ccc(F)c(F)c1. The molecule has 0 aromatic heterocycles. The van der Waals surface area contributed by atoms with Crippen LogP contribution in [0.25, 0.3) is 0 Å². The molecule has 0 aliphatic rings. The number of hydrogen-bond acceptors (Lipinski definition) is 3. The summed E-state index contributed by atoms with van der Waals surface area (Å²) in [6.07, 6.45) is -0.761. The molecule has 0 aliphatic heterocycles. The summed E-state index contributed by atoms with van der Waals surface area (Å²) in [4.78, 5) is 24.0. The van der Waals surface area contributed by atoms with Gasteiger partial charge in [0.05, 0.1) is 0 Å². The van der Waals surface area contributed by atoms with E-state index in [-0.39, 0.29) is 5.56 Å². The fourth-order valence-corrected chi connectivity index (χ4v) is 1.61. The number of alkyl carbamates (subject to hydrolysis) is 1. The van der Waals surface area contributed by atoms with Gasteiger partial charge in [0.15, 0.2) is 17.4 Å². The molecule has 21 heavy (non-hydrogen) atoms. The van der Waals surface area contributed by atoms with Gasteiger partial charge in [0.2, 0.25) is 0 Å². The number of carbonyl (C=O) groups is 2. The number of ketones is 1. The summed E-state index contributed by atoms with van der Waals surface area (Å²) in [7, 11) is 0. The second-order valence-corrected chi connectivity index (χ2v) is 6.21. The average molecular weight is 299 g/mol. The van der Waals surface area contributed by atoms with Gasteiger partial charge in [-0.25, -0.2) is 13.6 Å². The molecule has 0 radical (unpaired) electrons. The van der Waals surface area contributed by atoms with Gasteiger partial charge in [-0.2, -0.15) is 0 Å². The number of rotatable bonds is 3. The Morgan fingerprint density at radius 2 is 1.62 bits per heavy atom. The van der Waals surface area contributed by atoms with Crippen LogP contribution in [0.15, 0.2) is 18.2 Å². The van der Waals surface area contributed by atoms with E-state index in [9.17, 15) is 18.4 Å². The number of amides is 1. The topological polar surface area (TPSA) is 55.4 Å². The van der Waals surface area contributed by atoms with Crippen LogP contribution in [0, 0.1) is 11.6 Å². The lowest BCUT2D eigenvalue weighted by Crippen LogP contribution is -2.51. The first-order valence-electron chi connectivity index (χ1n) is 6.43. The quantitative estimate of drug-likeness (QED) is 0.870. The van der Waals surface area contributed by atoms with Gasteiger partial charge < -0.3 is 10.1 Å². The molecule has 0 fully saturated rings. The summed E-state index contributed by atoms with van der Waals surface area (Å²) in [5, 5.41) is 2.42. The third-order valence-electron chi connectivity index (χ3n) is 2.56. The summed E-state index contributed by atoms with van der Waals surface area (Å²) < 4.78 is 31.1. The number of halogens is 2. The summed E-state index contributed by atoms with van der Waals surface area (Å²) in [6.45, 7) is 7.99. The van der Waals surface area contributed by atoms with Gasteiger partial charge in [0.1, 0.15) is 11.1 Å². The lowest BCUT2D eigenvalue weighted by atomic mass is 9.93. The zero-order valence-electron chi connectivity index (χ0n) is 12.7. The third-order valence-corrected chi connectivity index (χ3v) is 2.56. The van der Waals surface area contributed by atoms with E-state index < -0.39 is 34.7 Å². The molecule has 0 saturated carbocycles. The van der Waals surface area contributed by atoms with E-state index in [1.165, 1.54) is 19.9 Å². The van der Waals surface area contributed by atoms with Gasteiger partial charge >= 0.3 is 6.09 Å². The molecule has 0 bridgehead atoms. The molecule has 4 nitrogen and oxygen atoms in total. The standard InChI is InChI=1S/C15H19F2NO3/c1-14(2,3)21-13(20)18-15(4,5)12(19)9-6-7-10(16)11(17)8-9/h6-8H,1-5H3,(H,18,20). The Balaban J connectivity index is 2.88. The predicted octanol–water partition coefficient (Wildman–Crippen LogP) is 3.45. The molecule has 0 atom stereocenters. The maximum Gasteiger partial charge on any atom is 0.408 e. The molecule has 0 saturated heterocycles. The first-order chi connectivity index (χ1) is 9.42. The van der Waals surface area contributed by atoms with Gasteiger partial charge in [-0.3, -0.25) is 4.79 Å². The fourth-order valence-electron chi connectivity index (χ4n) is 1.61. The van der Waals surface area contributed by atoms with Crippen molar-refractivity contribution in [1.82, 2.24) is 5.32 Å². The average Bonchev–Trinajstić information content (AvgIpc) is 2.28. The highest BCUT2D eigenvalue weighted by molar-refractivity contribution is 6.04. The molecule has 0 aliphatic carbocycles. The number of carbonyl (C=O) groups excluding carboxylic acids is 2. The lowest BCUT2D eigenvalue weighted by molar-refractivity contribution is 0.0454. The maximum atomic E-state index is 13.2. The molecule has 1 aromatic rings. The summed E-state index contributed by atoms with van der Waals surface area (Å²) in [5.41, 5.74) is -2.05. The predicted molar refractivity (Wildman–Crippen MR) is 74.1 cm³/mol. The monoisotopic (exact) mass is 299 g/mol. The second-order valence-electron chi connectivity index (χ2n) is 6.21. The Morgan fingerprint density at radius 3 is 2.10 bits per heavy atom. The van der Waals surface area contributed by atoms with E-state index in [0.717, 1.165) is 12.1 Å². The van der Waals surface area contributed by atoms with E-state index in [1.807, 2.05) is 0 Å². The third kappa shape index (κ3) is 4.81. The minimum atomic E-state index is -1.31. The zero-order valence-corrected chi connectivity index (χ0v) is 12.7. The largest absolute Gasteiger partial charge is 0.444 e. The molecule has 1 aromatic carbocycles. The van der Waals surface area contributed by atoms with E-state index in [2.05, 4.69) is 5.32 Å². The molecule has 0 spiro atoms. The van der Waals surface area contributed by atoms with Crippen LogP contribution in [-0.4, -0.2) is 23.0 Å².